The summed E-state index contributed by atoms with van der Waals surface area (Å²) in [6.45, 7) is 3.29. The first-order valence-electron chi connectivity index (χ1n) is 3.68. The molecule has 0 atom stereocenters. The third kappa shape index (κ3) is 12.1. The Balaban J connectivity index is 0. The van der Waals surface area contributed by atoms with Gasteiger partial charge in [0.2, 0.25) is 0 Å². The van der Waals surface area contributed by atoms with Gasteiger partial charge in [0.1, 0.15) is 0 Å². The summed E-state index contributed by atoms with van der Waals surface area (Å²) in [5.41, 5.74) is 0. The maximum atomic E-state index is 10.5. The molecule has 0 amide bonds. The third-order valence-corrected chi connectivity index (χ3v) is 1.99. The van der Waals surface area contributed by atoms with E-state index in [-0.39, 0.29) is 42.6 Å². The topological polar surface area (TPSA) is 83.5 Å². The second kappa shape index (κ2) is 8.43. The van der Waals surface area contributed by atoms with Crippen molar-refractivity contribution >= 4 is 16.1 Å². The molecule has 14 heavy (non-hydrogen) atoms. The molecular formula is C7H11NaO5S. The van der Waals surface area contributed by atoms with Gasteiger partial charge in [-0.05, 0) is 12.8 Å². The van der Waals surface area contributed by atoms with Gasteiger partial charge in [-0.15, -0.1) is 0 Å². The fourth-order valence-corrected chi connectivity index (χ4v) is 1.17. The fraction of sp³-hybridized carbons (Fsp3) is 0.571. The first-order valence-corrected chi connectivity index (χ1v) is 5.26. The largest absolute Gasteiger partial charge is 1.00 e. The summed E-state index contributed by atoms with van der Waals surface area (Å²) in [5, 5.41) is 0. The smallest absolute Gasteiger partial charge is 0.748 e. The van der Waals surface area contributed by atoms with Crippen LogP contribution in [0.3, 0.4) is 0 Å². The number of rotatable bonds is 6. The molecule has 0 aromatic rings. The predicted molar refractivity (Wildman–Crippen MR) is 45.0 cm³/mol. The van der Waals surface area contributed by atoms with Gasteiger partial charge >= 0.3 is 35.5 Å². The molecule has 0 spiro atoms. The van der Waals surface area contributed by atoms with Crippen molar-refractivity contribution in [2.24, 2.45) is 0 Å². The zero-order chi connectivity index (χ0) is 10.3. The Morgan fingerprint density at radius 3 is 2.43 bits per heavy atom. The Morgan fingerprint density at radius 1 is 1.43 bits per heavy atom. The van der Waals surface area contributed by atoms with Crippen molar-refractivity contribution in [2.75, 3.05) is 12.4 Å². The van der Waals surface area contributed by atoms with Gasteiger partial charge in [0.05, 0.1) is 16.7 Å². The van der Waals surface area contributed by atoms with Crippen LogP contribution in [0.25, 0.3) is 0 Å². The summed E-state index contributed by atoms with van der Waals surface area (Å²) < 4.78 is 34.9. The van der Waals surface area contributed by atoms with Gasteiger partial charge in [0.15, 0.2) is 0 Å². The van der Waals surface area contributed by atoms with Gasteiger partial charge in [-0.3, -0.25) is 0 Å². The molecule has 0 fully saturated rings. The minimum atomic E-state index is -4.14. The van der Waals surface area contributed by atoms with Gasteiger partial charge < -0.3 is 9.29 Å². The molecule has 5 nitrogen and oxygen atoms in total. The number of esters is 1. The van der Waals surface area contributed by atoms with Crippen molar-refractivity contribution in [2.45, 2.75) is 12.8 Å². The number of hydrogen-bond donors (Lipinski definition) is 0. The molecule has 0 aliphatic heterocycles. The molecular weight excluding hydrogens is 219 g/mol. The molecule has 0 bridgehead atoms. The molecule has 7 heteroatoms. The van der Waals surface area contributed by atoms with Crippen LogP contribution in [0.4, 0.5) is 0 Å². The normalized spacial score (nSPS) is 10.1. The molecule has 0 unspecified atom stereocenters. The van der Waals surface area contributed by atoms with E-state index in [1.54, 1.807) is 0 Å². The van der Waals surface area contributed by atoms with E-state index in [1.807, 2.05) is 0 Å². The van der Waals surface area contributed by atoms with Crippen molar-refractivity contribution in [1.82, 2.24) is 0 Å². The zero-order valence-electron chi connectivity index (χ0n) is 8.06. The van der Waals surface area contributed by atoms with Gasteiger partial charge in [-0.2, -0.15) is 0 Å². The quantitative estimate of drug-likeness (QED) is 0.160. The monoisotopic (exact) mass is 230 g/mol. The SMILES string of the molecule is C=CC(=O)OCCCCS(=O)(=O)[O-].[Na+]. The number of carbonyl (C=O) groups is 1. The number of ether oxygens (including phenoxy) is 1. The summed E-state index contributed by atoms with van der Waals surface area (Å²) in [7, 11) is -4.14. The minimum Gasteiger partial charge on any atom is -0.748 e. The van der Waals surface area contributed by atoms with Crippen LogP contribution in [0.1, 0.15) is 12.8 Å². The maximum Gasteiger partial charge on any atom is 1.00 e. The second-order valence-electron chi connectivity index (χ2n) is 2.34. The second-order valence-corrected chi connectivity index (χ2v) is 3.86. The van der Waals surface area contributed by atoms with Crippen LogP contribution < -0.4 is 29.6 Å². The van der Waals surface area contributed by atoms with Gasteiger partial charge in [0.25, 0.3) is 0 Å². The van der Waals surface area contributed by atoms with E-state index < -0.39 is 21.8 Å². The minimum absolute atomic E-state index is 0. The number of unbranched alkanes of at least 4 members (excludes halogenated alkanes) is 1. The molecule has 0 aliphatic rings. The molecule has 0 aromatic carbocycles. The van der Waals surface area contributed by atoms with Crippen LogP contribution in [0.2, 0.25) is 0 Å². The van der Waals surface area contributed by atoms with Crippen LogP contribution in [0.5, 0.6) is 0 Å². The van der Waals surface area contributed by atoms with E-state index in [9.17, 15) is 17.8 Å². The maximum absolute atomic E-state index is 10.5. The number of carbonyl (C=O) groups excluding carboxylic acids is 1. The van der Waals surface area contributed by atoms with E-state index in [2.05, 4.69) is 11.3 Å². The molecule has 0 heterocycles. The van der Waals surface area contributed by atoms with Crippen LogP contribution in [0, 0.1) is 0 Å². The van der Waals surface area contributed by atoms with E-state index in [4.69, 9.17) is 0 Å². The van der Waals surface area contributed by atoms with Crippen molar-refractivity contribution in [3.05, 3.63) is 12.7 Å². The molecule has 0 aromatic heterocycles. The average Bonchev–Trinajstić information content (AvgIpc) is 2.01. The summed E-state index contributed by atoms with van der Waals surface area (Å²) in [5.74, 6) is -0.969. The molecule has 0 radical (unpaired) electrons. The van der Waals surface area contributed by atoms with Gasteiger partial charge in [-0.25, -0.2) is 13.2 Å². The van der Waals surface area contributed by atoms with Gasteiger partial charge in [0, 0.05) is 11.8 Å². The first kappa shape index (κ1) is 16.5. The molecule has 0 N–H and O–H groups in total. The summed E-state index contributed by atoms with van der Waals surface area (Å²) in [4.78, 5) is 10.5. The van der Waals surface area contributed by atoms with E-state index in [0.717, 1.165) is 6.08 Å². The predicted octanol–water partition coefficient (Wildman–Crippen LogP) is -2.95. The van der Waals surface area contributed by atoms with Crippen LogP contribution >= 0.6 is 0 Å². The third-order valence-electron chi connectivity index (χ3n) is 1.20. The Hall–Kier alpha value is 0.120. The van der Waals surface area contributed by atoms with E-state index in [1.165, 1.54) is 0 Å². The molecule has 0 aliphatic carbocycles. The van der Waals surface area contributed by atoms with Crippen LogP contribution in [-0.2, 0) is 19.6 Å². The zero-order valence-corrected chi connectivity index (χ0v) is 10.9. The van der Waals surface area contributed by atoms with Gasteiger partial charge in [-0.1, -0.05) is 6.58 Å². The number of hydrogen-bond acceptors (Lipinski definition) is 5. The summed E-state index contributed by atoms with van der Waals surface area (Å²) >= 11 is 0. The molecule has 0 saturated carbocycles. The Kier molecular flexibility index (Phi) is 9.96. The van der Waals surface area contributed by atoms with Crippen molar-refractivity contribution in [1.29, 1.82) is 0 Å². The molecule has 0 saturated heterocycles. The van der Waals surface area contributed by atoms with Crippen LogP contribution in [0.15, 0.2) is 12.7 Å². The summed E-state index contributed by atoms with van der Waals surface area (Å²) in [6, 6.07) is 0. The molecule has 76 valence electrons. The molecule has 0 rings (SSSR count). The first-order chi connectivity index (χ1) is 5.95. The standard InChI is InChI=1S/C7H12O5S.Na/c1-2-7(8)12-5-3-4-6-13(9,10)11;/h2H,1,3-6H2,(H,9,10,11);/q;+1/p-1. The van der Waals surface area contributed by atoms with Crippen LogP contribution in [-0.4, -0.2) is 31.3 Å². The Labute approximate surface area is 106 Å². The Bertz CT molecular complexity index is 272. The van der Waals surface area contributed by atoms with Crippen molar-refractivity contribution in [3.63, 3.8) is 0 Å². The summed E-state index contributed by atoms with van der Waals surface area (Å²) in [6.07, 6.45) is 1.58. The fourth-order valence-electron chi connectivity index (χ4n) is 0.613. The van der Waals surface area contributed by atoms with Crippen molar-refractivity contribution < 1.29 is 52.1 Å². The van der Waals surface area contributed by atoms with E-state index >= 15 is 0 Å². The average molecular weight is 230 g/mol. The Morgan fingerprint density at radius 2 is 2.00 bits per heavy atom. The van der Waals surface area contributed by atoms with E-state index in [0.29, 0.717) is 6.42 Å². The van der Waals surface area contributed by atoms with Crippen molar-refractivity contribution in [3.8, 4) is 0 Å².